The molecule has 4 rings (SSSR count). The summed E-state index contributed by atoms with van der Waals surface area (Å²) < 4.78 is 1.66. The third kappa shape index (κ3) is 4.46. The number of hydrogen-bond acceptors (Lipinski definition) is 3. The largest absolute Gasteiger partial charge is 0.326 e. The van der Waals surface area contributed by atoms with Gasteiger partial charge in [-0.1, -0.05) is 42.0 Å². The highest BCUT2D eigenvalue weighted by Gasteiger charge is 2.10. The van der Waals surface area contributed by atoms with E-state index in [2.05, 4.69) is 16.4 Å². The van der Waals surface area contributed by atoms with E-state index < -0.39 is 0 Å². The summed E-state index contributed by atoms with van der Waals surface area (Å²) >= 11 is 0. The summed E-state index contributed by atoms with van der Waals surface area (Å²) in [5, 5.41) is 4.29. The van der Waals surface area contributed by atoms with Gasteiger partial charge in [0.25, 0.3) is 5.56 Å². The van der Waals surface area contributed by atoms with Gasteiger partial charge in [-0.2, -0.15) is 0 Å². The molecule has 0 aliphatic carbocycles. The van der Waals surface area contributed by atoms with Gasteiger partial charge < -0.3 is 9.88 Å². The Morgan fingerprint density at radius 2 is 1.83 bits per heavy atom. The Kier molecular flexibility index (Phi) is 5.70. The molecule has 1 amide bonds. The molecule has 4 aromatic rings. The first-order valence-electron chi connectivity index (χ1n) is 9.96. The summed E-state index contributed by atoms with van der Waals surface area (Å²) in [7, 11) is 0. The van der Waals surface area contributed by atoms with E-state index in [9.17, 15) is 9.59 Å². The van der Waals surface area contributed by atoms with Gasteiger partial charge in [-0.3, -0.25) is 14.6 Å². The maximum absolute atomic E-state index is 12.9. The van der Waals surface area contributed by atoms with Crippen LogP contribution in [-0.2, 0) is 17.8 Å². The number of pyridine rings is 2. The Hall–Kier alpha value is -3.73. The molecule has 2 heterocycles. The van der Waals surface area contributed by atoms with Crippen LogP contribution >= 0.6 is 0 Å². The monoisotopic (exact) mass is 397 g/mol. The minimum atomic E-state index is -0.0905. The van der Waals surface area contributed by atoms with Crippen LogP contribution in [-0.4, -0.2) is 15.5 Å². The van der Waals surface area contributed by atoms with Gasteiger partial charge in [0.1, 0.15) is 0 Å². The average Bonchev–Trinajstić information content (AvgIpc) is 2.75. The van der Waals surface area contributed by atoms with Crippen molar-refractivity contribution in [1.29, 1.82) is 0 Å². The molecule has 2 aromatic carbocycles. The Bertz CT molecular complexity index is 1250. The van der Waals surface area contributed by atoms with Crippen LogP contribution < -0.4 is 10.9 Å². The molecule has 0 unspecified atom stereocenters. The van der Waals surface area contributed by atoms with Crippen molar-refractivity contribution >= 4 is 22.4 Å². The van der Waals surface area contributed by atoms with Gasteiger partial charge in [-0.25, -0.2) is 0 Å². The second-order valence-electron chi connectivity index (χ2n) is 7.41. The van der Waals surface area contributed by atoms with Crippen molar-refractivity contribution in [2.24, 2.45) is 0 Å². The second kappa shape index (κ2) is 8.74. The molecule has 0 saturated heterocycles. The summed E-state index contributed by atoms with van der Waals surface area (Å²) in [6.45, 7) is 2.50. The topological polar surface area (TPSA) is 64.0 Å². The van der Waals surface area contributed by atoms with E-state index in [0.29, 0.717) is 30.5 Å². The van der Waals surface area contributed by atoms with Gasteiger partial charge in [0.2, 0.25) is 5.91 Å². The van der Waals surface area contributed by atoms with Crippen LogP contribution in [0.25, 0.3) is 10.8 Å². The van der Waals surface area contributed by atoms with Crippen LogP contribution in [0, 0.1) is 6.92 Å². The Labute approximate surface area is 175 Å². The zero-order valence-corrected chi connectivity index (χ0v) is 16.8. The predicted octanol–water partition coefficient (Wildman–Crippen LogP) is 4.32. The highest BCUT2D eigenvalue weighted by molar-refractivity contribution is 6.01. The fraction of sp³-hybridized carbons (Fsp3) is 0.160. The van der Waals surface area contributed by atoms with Crippen LogP contribution in [0.3, 0.4) is 0 Å². The summed E-state index contributed by atoms with van der Waals surface area (Å²) in [4.78, 5) is 29.6. The number of benzene rings is 2. The van der Waals surface area contributed by atoms with E-state index in [0.717, 1.165) is 16.5 Å². The third-order valence-electron chi connectivity index (χ3n) is 5.09. The zero-order chi connectivity index (χ0) is 20.9. The smallest absolute Gasteiger partial charge is 0.258 e. The van der Waals surface area contributed by atoms with Crippen molar-refractivity contribution in [2.45, 2.75) is 26.3 Å². The van der Waals surface area contributed by atoms with Crippen molar-refractivity contribution in [3.63, 3.8) is 0 Å². The molecule has 5 nitrogen and oxygen atoms in total. The summed E-state index contributed by atoms with van der Waals surface area (Å²) in [6.07, 6.45) is 6.29. The SMILES string of the molecule is Cc1cccc(CCC(=O)Nc2cccc3c(=O)n(Cc4cccnc4)ccc23)c1. The molecule has 2 aromatic heterocycles. The minimum Gasteiger partial charge on any atom is -0.326 e. The zero-order valence-electron chi connectivity index (χ0n) is 16.8. The maximum Gasteiger partial charge on any atom is 0.258 e. The lowest BCUT2D eigenvalue weighted by Gasteiger charge is -2.11. The van der Waals surface area contributed by atoms with Crippen molar-refractivity contribution in [1.82, 2.24) is 9.55 Å². The Morgan fingerprint density at radius 1 is 1.00 bits per heavy atom. The van der Waals surface area contributed by atoms with Crippen molar-refractivity contribution in [2.75, 3.05) is 5.32 Å². The number of carbonyl (C=O) groups excluding carboxylic acids is 1. The number of rotatable bonds is 6. The fourth-order valence-electron chi connectivity index (χ4n) is 3.58. The van der Waals surface area contributed by atoms with E-state index in [1.54, 1.807) is 35.3 Å². The van der Waals surface area contributed by atoms with Crippen LogP contribution in [0.2, 0.25) is 0 Å². The van der Waals surface area contributed by atoms with E-state index in [1.165, 1.54) is 5.56 Å². The first kappa shape index (κ1) is 19.6. The fourth-order valence-corrected chi connectivity index (χ4v) is 3.58. The molecule has 0 aliphatic rings. The number of hydrogen-bond donors (Lipinski definition) is 1. The lowest BCUT2D eigenvalue weighted by Crippen LogP contribution is -2.21. The van der Waals surface area contributed by atoms with Crippen LogP contribution in [0.5, 0.6) is 0 Å². The standard InChI is InChI=1S/C25H23N3O2/c1-18-5-2-6-19(15-18)10-11-24(29)27-23-9-3-8-22-21(23)12-14-28(25(22)30)17-20-7-4-13-26-16-20/h2-9,12-16H,10-11,17H2,1H3,(H,27,29). The minimum absolute atomic E-state index is 0.0662. The molecule has 0 radical (unpaired) electrons. The molecule has 0 atom stereocenters. The van der Waals surface area contributed by atoms with Gasteiger partial charge in [0, 0.05) is 41.5 Å². The van der Waals surface area contributed by atoms with E-state index in [-0.39, 0.29) is 11.5 Å². The van der Waals surface area contributed by atoms with Crippen LogP contribution in [0.4, 0.5) is 5.69 Å². The molecule has 0 aliphatic heterocycles. The van der Waals surface area contributed by atoms with E-state index in [4.69, 9.17) is 0 Å². The first-order valence-corrected chi connectivity index (χ1v) is 9.96. The average molecular weight is 397 g/mol. The summed E-state index contributed by atoms with van der Waals surface area (Å²) in [5.41, 5.74) is 3.85. The number of aryl methyl sites for hydroxylation is 2. The van der Waals surface area contributed by atoms with E-state index in [1.807, 2.05) is 49.4 Å². The molecule has 30 heavy (non-hydrogen) atoms. The molecular weight excluding hydrogens is 374 g/mol. The van der Waals surface area contributed by atoms with Gasteiger partial charge >= 0.3 is 0 Å². The number of anilines is 1. The van der Waals surface area contributed by atoms with Crippen LogP contribution in [0.1, 0.15) is 23.1 Å². The van der Waals surface area contributed by atoms with Crippen molar-refractivity contribution in [3.05, 3.63) is 106 Å². The second-order valence-corrected chi connectivity index (χ2v) is 7.41. The van der Waals surface area contributed by atoms with Crippen molar-refractivity contribution < 1.29 is 4.79 Å². The summed E-state index contributed by atoms with van der Waals surface area (Å²) in [6, 6.07) is 19.3. The molecular formula is C25H23N3O2. The third-order valence-corrected chi connectivity index (χ3v) is 5.09. The quantitative estimate of drug-likeness (QED) is 0.527. The summed E-state index contributed by atoms with van der Waals surface area (Å²) in [5.74, 6) is -0.0662. The number of fused-ring (bicyclic) bond motifs is 1. The normalized spacial score (nSPS) is 10.8. The molecule has 0 saturated carbocycles. The molecule has 150 valence electrons. The maximum atomic E-state index is 12.9. The van der Waals surface area contributed by atoms with Gasteiger partial charge in [-0.15, -0.1) is 0 Å². The molecule has 0 bridgehead atoms. The highest BCUT2D eigenvalue weighted by atomic mass is 16.1. The molecule has 5 heteroatoms. The molecule has 0 fully saturated rings. The number of carbonyl (C=O) groups is 1. The van der Waals surface area contributed by atoms with E-state index >= 15 is 0 Å². The molecule has 0 spiro atoms. The van der Waals surface area contributed by atoms with Crippen molar-refractivity contribution in [3.8, 4) is 0 Å². The number of aromatic nitrogens is 2. The number of nitrogens with one attached hydrogen (secondary N) is 1. The molecule has 1 N–H and O–H groups in total. The lowest BCUT2D eigenvalue weighted by atomic mass is 10.1. The number of nitrogens with zero attached hydrogens (tertiary/aromatic N) is 2. The Balaban J connectivity index is 1.52. The highest BCUT2D eigenvalue weighted by Crippen LogP contribution is 2.21. The van der Waals surface area contributed by atoms with Gasteiger partial charge in [-0.05, 0) is 48.7 Å². The first-order chi connectivity index (χ1) is 14.6. The lowest BCUT2D eigenvalue weighted by molar-refractivity contribution is -0.116. The van der Waals surface area contributed by atoms with Gasteiger partial charge in [0.15, 0.2) is 0 Å². The van der Waals surface area contributed by atoms with Crippen LogP contribution in [0.15, 0.2) is 84.0 Å². The number of amides is 1. The van der Waals surface area contributed by atoms with Gasteiger partial charge in [0.05, 0.1) is 6.54 Å². The Morgan fingerprint density at radius 3 is 2.63 bits per heavy atom. The predicted molar refractivity (Wildman–Crippen MR) is 120 cm³/mol.